The van der Waals surface area contributed by atoms with E-state index in [1.807, 2.05) is 5.32 Å². The first-order chi connectivity index (χ1) is 20.4. The maximum Gasteiger partial charge on any atom is 0.418 e. The van der Waals surface area contributed by atoms with Gasteiger partial charge >= 0.3 is 12.2 Å². The van der Waals surface area contributed by atoms with E-state index in [-0.39, 0.29) is 10.6 Å². The molecule has 9 N–H and O–H groups in total. The number of phenolic OH excluding ortho intramolecular Hbond substituents is 1. The number of ketones is 2. The van der Waals surface area contributed by atoms with Gasteiger partial charge in [-0.3, -0.25) is 14.4 Å². The van der Waals surface area contributed by atoms with Crippen molar-refractivity contribution < 1.29 is 57.9 Å². The molecular formula is C28H23ClF3N3O9. The highest BCUT2D eigenvalue weighted by Gasteiger charge is 2.65. The summed E-state index contributed by atoms with van der Waals surface area (Å²) in [6.07, 6.45) is -7.34. The number of phenols is 1. The number of nitrogens with one attached hydrogen (secondary N) is 2. The average Bonchev–Trinajstić information content (AvgIpc) is 2.92. The molecule has 2 aromatic carbocycles. The van der Waals surface area contributed by atoms with Crippen molar-refractivity contribution in [2.24, 2.45) is 17.6 Å². The number of hydrogen-bond acceptors (Lipinski definition) is 9. The molecule has 0 aromatic heterocycles. The second-order valence-electron chi connectivity index (χ2n) is 10.7. The van der Waals surface area contributed by atoms with Crippen LogP contribution in [0.5, 0.6) is 5.75 Å². The third-order valence-corrected chi connectivity index (χ3v) is 8.52. The van der Waals surface area contributed by atoms with Gasteiger partial charge in [-0.05, 0) is 35.7 Å². The minimum Gasteiger partial charge on any atom is -0.508 e. The maximum atomic E-state index is 13.7. The number of fused-ring (bicyclic) bond motifs is 3. The Labute approximate surface area is 250 Å². The Kier molecular flexibility index (Phi) is 7.18. The number of hydrogen-bond donors (Lipinski definition) is 8. The Morgan fingerprint density at radius 2 is 1.68 bits per heavy atom. The Morgan fingerprint density at radius 1 is 1.07 bits per heavy atom. The molecule has 1 saturated carbocycles. The highest BCUT2D eigenvalue weighted by molar-refractivity contribution is 6.30. The summed E-state index contributed by atoms with van der Waals surface area (Å²) in [5.74, 6) is -10.7. The van der Waals surface area contributed by atoms with Crippen molar-refractivity contribution >= 4 is 52.2 Å². The fourth-order valence-electron chi connectivity index (χ4n) is 6.23. The Morgan fingerprint density at radius 3 is 2.30 bits per heavy atom. The van der Waals surface area contributed by atoms with Gasteiger partial charge in [0.05, 0.1) is 28.6 Å². The van der Waals surface area contributed by atoms with Crippen LogP contribution in [-0.2, 0) is 20.6 Å². The van der Waals surface area contributed by atoms with Gasteiger partial charge < -0.3 is 41.9 Å². The number of carbonyl (C=O) groups is 4. The second-order valence-corrected chi connectivity index (χ2v) is 11.1. The zero-order valence-corrected chi connectivity index (χ0v) is 23.1. The van der Waals surface area contributed by atoms with Gasteiger partial charge in [-0.15, -0.1) is 0 Å². The van der Waals surface area contributed by atoms with Crippen molar-refractivity contribution in [3.05, 3.63) is 69.0 Å². The van der Waals surface area contributed by atoms with Crippen LogP contribution in [0.1, 0.15) is 36.0 Å². The van der Waals surface area contributed by atoms with Crippen LogP contribution in [0.3, 0.4) is 0 Å². The van der Waals surface area contributed by atoms with E-state index in [4.69, 9.17) is 17.3 Å². The normalized spacial score (nSPS) is 26.5. The molecule has 44 heavy (non-hydrogen) atoms. The van der Waals surface area contributed by atoms with Crippen LogP contribution < -0.4 is 16.4 Å². The third-order valence-electron chi connectivity index (χ3n) is 8.28. The number of rotatable bonds is 3. The van der Waals surface area contributed by atoms with E-state index >= 15 is 0 Å². The highest BCUT2D eigenvalue weighted by atomic mass is 35.5. The van der Waals surface area contributed by atoms with E-state index in [2.05, 4.69) is 5.32 Å². The first-order valence-corrected chi connectivity index (χ1v) is 13.2. The number of aromatic hydroxyl groups is 1. The number of nitrogens with two attached hydrogens (primary N) is 1. The standard InChI is InChI=1S/C28H23ClF3N3O9/c1-8-10-3-5-14(35-26(43)34-13-4-2-9(29)6-11(13)28(30,31)32)21(38)17(10)22(39)19-16(8)20(37)12-7-15(36)18(25(33)42)23(40)27(12,44)24(19)41/h2-6,8,12,16,20,37-40,44H,7H2,1H3,(H2,33,42)(H2,34,35,43). The van der Waals surface area contributed by atoms with Crippen molar-refractivity contribution in [1.29, 1.82) is 0 Å². The van der Waals surface area contributed by atoms with Crippen LogP contribution in [0.4, 0.5) is 29.3 Å². The summed E-state index contributed by atoms with van der Waals surface area (Å²) in [6.45, 7) is 1.50. The van der Waals surface area contributed by atoms with E-state index in [0.29, 0.717) is 6.07 Å². The van der Waals surface area contributed by atoms with Crippen molar-refractivity contribution in [1.82, 2.24) is 0 Å². The highest BCUT2D eigenvalue weighted by Crippen LogP contribution is 2.56. The van der Waals surface area contributed by atoms with Gasteiger partial charge in [0.25, 0.3) is 5.91 Å². The maximum absolute atomic E-state index is 13.7. The molecule has 1 fully saturated rings. The summed E-state index contributed by atoms with van der Waals surface area (Å²) >= 11 is 5.66. The van der Waals surface area contributed by atoms with Crippen LogP contribution in [0.25, 0.3) is 5.76 Å². The average molecular weight is 638 g/mol. The minimum absolute atomic E-state index is 0.161. The number of primary amides is 1. The number of benzene rings is 2. The monoisotopic (exact) mass is 637 g/mol. The predicted molar refractivity (Wildman–Crippen MR) is 147 cm³/mol. The molecule has 0 spiro atoms. The summed E-state index contributed by atoms with van der Waals surface area (Å²) in [7, 11) is 0. The summed E-state index contributed by atoms with van der Waals surface area (Å²) in [5.41, 5.74) is -2.13. The number of carbonyl (C=O) groups excluding carboxylic acids is 4. The quantitative estimate of drug-likeness (QED) is 0.183. The van der Waals surface area contributed by atoms with Gasteiger partial charge in [0.15, 0.2) is 11.4 Å². The molecular weight excluding hydrogens is 615 g/mol. The summed E-state index contributed by atoms with van der Waals surface area (Å²) < 4.78 is 40.3. The lowest BCUT2D eigenvalue weighted by atomic mass is 9.55. The number of halogens is 4. The first kappa shape index (κ1) is 30.8. The van der Waals surface area contributed by atoms with E-state index in [1.54, 1.807) is 0 Å². The lowest BCUT2D eigenvalue weighted by Crippen LogP contribution is -2.63. The van der Waals surface area contributed by atoms with Crippen molar-refractivity contribution in [2.75, 3.05) is 10.6 Å². The van der Waals surface area contributed by atoms with Crippen LogP contribution in [0.15, 0.2) is 47.2 Å². The lowest BCUT2D eigenvalue weighted by Gasteiger charge is -2.50. The SMILES string of the molecule is CC1c2ccc(NC(=O)Nc3ccc(Cl)cc3C(F)(F)F)c(O)c2C(O)=C2C(=O)C3(O)C(O)=C(C(N)=O)C(=O)CC3C(O)C21. The van der Waals surface area contributed by atoms with Crippen LogP contribution in [0, 0.1) is 11.8 Å². The lowest BCUT2D eigenvalue weighted by molar-refractivity contribution is -0.160. The molecule has 12 nitrogen and oxygen atoms in total. The van der Waals surface area contributed by atoms with E-state index in [9.17, 15) is 57.9 Å². The first-order valence-electron chi connectivity index (χ1n) is 12.9. The molecule has 16 heteroatoms. The molecule has 0 saturated heterocycles. The predicted octanol–water partition coefficient (Wildman–Crippen LogP) is 3.27. The van der Waals surface area contributed by atoms with Crippen LogP contribution in [-0.4, -0.2) is 60.7 Å². The molecule has 5 unspecified atom stereocenters. The molecule has 3 aliphatic carbocycles. The van der Waals surface area contributed by atoms with E-state index in [1.165, 1.54) is 19.1 Å². The van der Waals surface area contributed by atoms with E-state index in [0.717, 1.165) is 12.1 Å². The molecule has 0 heterocycles. The largest absolute Gasteiger partial charge is 0.508 e. The summed E-state index contributed by atoms with van der Waals surface area (Å²) in [4.78, 5) is 50.7. The van der Waals surface area contributed by atoms with Gasteiger partial charge in [-0.25, -0.2) is 4.79 Å². The molecule has 2 aromatic rings. The molecule has 3 amide bonds. The van der Waals surface area contributed by atoms with Gasteiger partial charge in [0, 0.05) is 28.9 Å². The van der Waals surface area contributed by atoms with Crippen molar-refractivity contribution in [3.8, 4) is 5.75 Å². The van der Waals surface area contributed by atoms with Gasteiger partial charge in [-0.1, -0.05) is 24.6 Å². The number of Topliss-reactive ketones (excluding diaryl/α,β-unsaturated/α-hetero) is 2. The molecule has 5 atom stereocenters. The van der Waals surface area contributed by atoms with Gasteiger partial charge in [0.1, 0.15) is 22.8 Å². The van der Waals surface area contributed by atoms with Crippen molar-refractivity contribution in [3.63, 3.8) is 0 Å². The fourth-order valence-corrected chi connectivity index (χ4v) is 6.41. The topological polar surface area (TPSA) is 220 Å². The van der Waals surface area contributed by atoms with Crippen LogP contribution in [0.2, 0.25) is 5.02 Å². The van der Waals surface area contributed by atoms with Crippen LogP contribution >= 0.6 is 11.6 Å². The minimum atomic E-state index is -4.88. The van der Waals surface area contributed by atoms with Gasteiger partial charge in [0.2, 0.25) is 5.78 Å². The Hall–Kier alpha value is -4.60. The molecule has 232 valence electrons. The molecule has 0 bridgehead atoms. The second kappa shape index (κ2) is 10.2. The molecule has 3 aliphatic rings. The number of amides is 3. The van der Waals surface area contributed by atoms with E-state index < -0.39 is 116 Å². The number of anilines is 2. The number of alkyl halides is 3. The number of aliphatic hydroxyl groups excluding tert-OH is 3. The number of urea groups is 1. The summed E-state index contributed by atoms with van der Waals surface area (Å²) in [6, 6.07) is 3.88. The Bertz CT molecular complexity index is 1740. The molecule has 0 radical (unpaired) electrons. The van der Waals surface area contributed by atoms with Crippen molar-refractivity contribution in [2.45, 2.75) is 37.1 Å². The van der Waals surface area contributed by atoms with Gasteiger partial charge in [-0.2, -0.15) is 13.2 Å². The summed E-state index contributed by atoms with van der Waals surface area (Å²) in [5, 5.41) is 59.6. The zero-order chi connectivity index (χ0) is 32.6. The Balaban J connectivity index is 1.56. The molecule has 0 aliphatic heterocycles. The zero-order valence-electron chi connectivity index (χ0n) is 22.4. The molecule has 5 rings (SSSR count). The number of aliphatic hydroxyl groups is 4. The smallest absolute Gasteiger partial charge is 0.418 e. The fraction of sp³-hybridized carbons (Fsp3) is 0.286. The third kappa shape index (κ3) is 4.46.